The summed E-state index contributed by atoms with van der Waals surface area (Å²) in [5.41, 5.74) is 6.75. The summed E-state index contributed by atoms with van der Waals surface area (Å²) in [7, 11) is 0. The van der Waals surface area contributed by atoms with E-state index < -0.39 is 5.91 Å². The van der Waals surface area contributed by atoms with Gasteiger partial charge in [0.1, 0.15) is 17.4 Å². The van der Waals surface area contributed by atoms with E-state index in [1.54, 1.807) is 41.8 Å². The number of anilines is 1. The van der Waals surface area contributed by atoms with E-state index in [0.717, 1.165) is 5.56 Å². The highest BCUT2D eigenvalue weighted by Gasteiger charge is 2.17. The third-order valence-corrected chi connectivity index (χ3v) is 4.83. The van der Waals surface area contributed by atoms with Gasteiger partial charge in [-0.05, 0) is 29.6 Å². The maximum Gasteiger partial charge on any atom is 0.260 e. The predicted molar refractivity (Wildman–Crippen MR) is 103 cm³/mol. The fraction of sp³-hybridized carbons (Fsp3) is 0.0526. The zero-order chi connectivity index (χ0) is 18.5. The molecule has 3 N–H and O–H groups in total. The summed E-state index contributed by atoms with van der Waals surface area (Å²) in [6, 6.07) is 15.8. The van der Waals surface area contributed by atoms with Crippen molar-refractivity contribution in [2.45, 2.75) is 6.61 Å². The molecule has 0 aliphatic rings. The number of amides is 2. The molecule has 1 heterocycles. The number of para-hydroxylation sites is 1. The average molecular weight is 387 g/mol. The molecule has 0 saturated heterocycles. The Labute approximate surface area is 159 Å². The van der Waals surface area contributed by atoms with Crippen LogP contribution in [0.15, 0.2) is 60.0 Å². The van der Waals surface area contributed by atoms with Crippen molar-refractivity contribution in [1.29, 1.82) is 0 Å². The van der Waals surface area contributed by atoms with E-state index in [1.165, 1.54) is 11.3 Å². The van der Waals surface area contributed by atoms with Crippen LogP contribution < -0.4 is 15.8 Å². The van der Waals surface area contributed by atoms with E-state index in [-0.39, 0.29) is 18.1 Å². The maximum atomic E-state index is 12.6. The van der Waals surface area contributed by atoms with Gasteiger partial charge in [0.2, 0.25) is 0 Å². The Morgan fingerprint density at radius 1 is 1.04 bits per heavy atom. The summed E-state index contributed by atoms with van der Waals surface area (Å²) >= 11 is 7.36. The van der Waals surface area contributed by atoms with Crippen LogP contribution in [0, 0.1) is 0 Å². The van der Waals surface area contributed by atoms with Gasteiger partial charge in [0.25, 0.3) is 11.8 Å². The summed E-state index contributed by atoms with van der Waals surface area (Å²) in [6.45, 7) is 0.232. The van der Waals surface area contributed by atoms with Gasteiger partial charge in [0.15, 0.2) is 0 Å². The molecule has 3 aromatic rings. The van der Waals surface area contributed by atoms with Gasteiger partial charge in [0, 0.05) is 10.6 Å². The van der Waals surface area contributed by atoms with Crippen molar-refractivity contribution in [3.05, 3.63) is 81.7 Å². The lowest BCUT2D eigenvalue weighted by molar-refractivity contribution is 0.100. The van der Waals surface area contributed by atoms with Gasteiger partial charge in [-0.1, -0.05) is 41.9 Å². The van der Waals surface area contributed by atoms with Crippen molar-refractivity contribution in [2.24, 2.45) is 5.73 Å². The smallest absolute Gasteiger partial charge is 0.260 e. The van der Waals surface area contributed by atoms with Crippen molar-refractivity contribution in [1.82, 2.24) is 0 Å². The third-order valence-electron chi connectivity index (χ3n) is 3.63. The second kappa shape index (κ2) is 8.03. The first-order valence-electron chi connectivity index (χ1n) is 7.70. The van der Waals surface area contributed by atoms with Crippen LogP contribution in [0.5, 0.6) is 5.75 Å². The van der Waals surface area contributed by atoms with Crippen LogP contribution in [-0.4, -0.2) is 11.8 Å². The number of primary amides is 1. The van der Waals surface area contributed by atoms with Gasteiger partial charge in [-0.2, -0.15) is 0 Å². The van der Waals surface area contributed by atoms with Gasteiger partial charge in [-0.3, -0.25) is 9.59 Å². The van der Waals surface area contributed by atoms with E-state index in [1.807, 2.05) is 18.2 Å². The molecular weight excluding hydrogens is 372 g/mol. The fourth-order valence-electron chi connectivity index (χ4n) is 2.32. The Hall–Kier alpha value is -2.83. The molecule has 0 aliphatic carbocycles. The normalized spacial score (nSPS) is 10.3. The molecule has 0 atom stereocenters. The highest BCUT2D eigenvalue weighted by Crippen LogP contribution is 2.26. The number of benzene rings is 2. The van der Waals surface area contributed by atoms with Crippen molar-refractivity contribution in [3.8, 4) is 5.75 Å². The van der Waals surface area contributed by atoms with E-state index in [9.17, 15) is 9.59 Å². The summed E-state index contributed by atoms with van der Waals surface area (Å²) in [4.78, 5) is 24.0. The van der Waals surface area contributed by atoms with Crippen molar-refractivity contribution in [3.63, 3.8) is 0 Å². The Bertz CT molecular complexity index is 955. The van der Waals surface area contributed by atoms with Gasteiger partial charge in [-0.15, -0.1) is 11.3 Å². The van der Waals surface area contributed by atoms with Crippen LogP contribution in [0.2, 0.25) is 5.02 Å². The molecular formula is C19H15ClN2O3S. The van der Waals surface area contributed by atoms with Crippen LogP contribution in [0.4, 0.5) is 5.00 Å². The molecule has 5 nitrogen and oxygen atoms in total. The molecule has 2 aromatic carbocycles. The van der Waals surface area contributed by atoms with E-state index in [4.69, 9.17) is 22.1 Å². The zero-order valence-electron chi connectivity index (χ0n) is 13.6. The van der Waals surface area contributed by atoms with E-state index in [0.29, 0.717) is 21.3 Å². The number of thiophene rings is 1. The number of halogens is 1. The standard InChI is InChI=1S/C19H15ClN2O3S/c20-15-7-3-1-5-12(15)11-25-16-8-4-2-6-13(16)18(24)22-19-14(17(21)23)9-10-26-19/h1-10H,11H2,(H2,21,23)(H,22,24). The zero-order valence-corrected chi connectivity index (χ0v) is 15.1. The number of hydrogen-bond acceptors (Lipinski definition) is 4. The number of carbonyl (C=O) groups excluding carboxylic acids is 2. The van der Waals surface area contributed by atoms with Crippen LogP contribution in [0.3, 0.4) is 0 Å². The van der Waals surface area contributed by atoms with Gasteiger partial charge >= 0.3 is 0 Å². The Morgan fingerprint density at radius 2 is 1.77 bits per heavy atom. The van der Waals surface area contributed by atoms with Crippen LogP contribution in [-0.2, 0) is 6.61 Å². The second-order valence-corrected chi connectivity index (χ2v) is 6.68. The Balaban J connectivity index is 1.78. The predicted octanol–water partition coefficient (Wildman–Crippen LogP) is 4.33. The Morgan fingerprint density at radius 3 is 2.54 bits per heavy atom. The van der Waals surface area contributed by atoms with Crippen LogP contribution in [0.1, 0.15) is 26.3 Å². The molecule has 0 unspecified atom stereocenters. The van der Waals surface area contributed by atoms with Crippen LogP contribution >= 0.6 is 22.9 Å². The SMILES string of the molecule is NC(=O)c1ccsc1NC(=O)c1ccccc1OCc1ccccc1Cl. The minimum atomic E-state index is -0.593. The molecule has 26 heavy (non-hydrogen) atoms. The Kier molecular flexibility index (Phi) is 5.55. The first-order valence-corrected chi connectivity index (χ1v) is 8.96. The number of nitrogens with one attached hydrogen (secondary N) is 1. The third kappa shape index (κ3) is 4.04. The topological polar surface area (TPSA) is 81.4 Å². The number of ether oxygens (including phenoxy) is 1. The molecule has 2 amide bonds. The minimum Gasteiger partial charge on any atom is -0.488 e. The molecule has 1 aromatic heterocycles. The van der Waals surface area contributed by atoms with Crippen molar-refractivity contribution in [2.75, 3.05) is 5.32 Å². The molecule has 7 heteroatoms. The van der Waals surface area contributed by atoms with Crippen molar-refractivity contribution >= 4 is 39.8 Å². The number of rotatable bonds is 6. The monoisotopic (exact) mass is 386 g/mol. The van der Waals surface area contributed by atoms with Crippen LogP contribution in [0.25, 0.3) is 0 Å². The largest absolute Gasteiger partial charge is 0.488 e. The quantitative estimate of drug-likeness (QED) is 0.661. The lowest BCUT2D eigenvalue weighted by Gasteiger charge is -2.12. The maximum absolute atomic E-state index is 12.6. The van der Waals surface area contributed by atoms with Gasteiger partial charge in [0.05, 0.1) is 11.1 Å². The molecule has 3 rings (SSSR count). The summed E-state index contributed by atoms with van der Waals surface area (Å²) in [5.74, 6) is -0.559. The number of nitrogens with two attached hydrogens (primary N) is 1. The lowest BCUT2D eigenvalue weighted by Crippen LogP contribution is -2.17. The molecule has 0 bridgehead atoms. The number of carbonyl (C=O) groups is 2. The second-order valence-electron chi connectivity index (χ2n) is 5.36. The van der Waals surface area contributed by atoms with E-state index in [2.05, 4.69) is 5.32 Å². The van der Waals surface area contributed by atoms with Crippen molar-refractivity contribution < 1.29 is 14.3 Å². The molecule has 132 valence electrons. The highest BCUT2D eigenvalue weighted by atomic mass is 35.5. The van der Waals surface area contributed by atoms with E-state index >= 15 is 0 Å². The lowest BCUT2D eigenvalue weighted by atomic mass is 10.2. The first kappa shape index (κ1) is 18.0. The molecule has 0 fully saturated rings. The molecule has 0 aliphatic heterocycles. The molecule has 0 saturated carbocycles. The minimum absolute atomic E-state index is 0.232. The highest BCUT2D eigenvalue weighted by molar-refractivity contribution is 7.14. The summed E-state index contributed by atoms with van der Waals surface area (Å²) in [6.07, 6.45) is 0. The fourth-order valence-corrected chi connectivity index (χ4v) is 3.30. The van der Waals surface area contributed by atoms with Gasteiger partial charge < -0.3 is 15.8 Å². The summed E-state index contributed by atoms with van der Waals surface area (Å²) < 4.78 is 5.79. The molecule has 0 radical (unpaired) electrons. The summed E-state index contributed by atoms with van der Waals surface area (Å²) in [5, 5.41) is 5.40. The average Bonchev–Trinajstić information content (AvgIpc) is 3.09. The molecule has 0 spiro atoms. The van der Waals surface area contributed by atoms with Gasteiger partial charge in [-0.25, -0.2) is 0 Å². The number of hydrogen-bond donors (Lipinski definition) is 2. The first-order chi connectivity index (χ1) is 12.6.